The molecule has 1 fully saturated rings. The van der Waals surface area contributed by atoms with Crippen LogP contribution in [0.25, 0.3) is 11.5 Å². The summed E-state index contributed by atoms with van der Waals surface area (Å²) in [5.41, 5.74) is -0.0976. The van der Waals surface area contributed by atoms with E-state index in [1.165, 1.54) is 29.1 Å². The van der Waals surface area contributed by atoms with Crippen molar-refractivity contribution in [2.75, 3.05) is 31.1 Å². The predicted molar refractivity (Wildman–Crippen MR) is 111 cm³/mol. The molecule has 0 N–H and O–H groups in total. The lowest BCUT2D eigenvalue weighted by Gasteiger charge is -2.39. The minimum absolute atomic E-state index is 0.174. The Bertz CT molecular complexity index is 1080. The van der Waals surface area contributed by atoms with Gasteiger partial charge >= 0.3 is 0 Å². The maximum atomic E-state index is 13.3. The molecule has 1 saturated heterocycles. The summed E-state index contributed by atoms with van der Waals surface area (Å²) in [7, 11) is 0. The van der Waals surface area contributed by atoms with Crippen molar-refractivity contribution in [3.05, 3.63) is 71.0 Å². The van der Waals surface area contributed by atoms with Gasteiger partial charge in [0.1, 0.15) is 17.1 Å². The molecule has 0 unspecified atom stereocenters. The van der Waals surface area contributed by atoms with Crippen molar-refractivity contribution in [1.29, 1.82) is 0 Å². The molecule has 1 aromatic carbocycles. The number of furan rings is 1. The number of hydrogen-bond donors (Lipinski definition) is 0. The van der Waals surface area contributed by atoms with Gasteiger partial charge in [0, 0.05) is 37.9 Å². The van der Waals surface area contributed by atoms with Crippen LogP contribution in [0.3, 0.4) is 0 Å². The highest BCUT2D eigenvalue weighted by molar-refractivity contribution is 5.84. The molecule has 156 valence electrons. The first-order chi connectivity index (χ1) is 14.4. The zero-order chi connectivity index (χ0) is 21.3. The summed E-state index contributed by atoms with van der Waals surface area (Å²) in [5.74, 6) is 0.0800. The molecular weight excluding hydrogens is 387 g/mol. The Hall–Kier alpha value is -3.42. The number of aromatic nitrogens is 2. The standard InChI is InChI=1S/C22H23FN4O3/c1-22(2,27-20(28)10-9-18(24-27)19-4-3-15-30-19)21(29)26-13-11-25(12-14-26)17-7-5-16(23)6-8-17/h3-10,15H,11-14H2,1-2H3. The summed E-state index contributed by atoms with van der Waals surface area (Å²) in [5, 5.41) is 4.39. The third-order valence-corrected chi connectivity index (χ3v) is 5.39. The average molecular weight is 410 g/mol. The molecule has 1 aliphatic rings. The quantitative estimate of drug-likeness (QED) is 0.661. The van der Waals surface area contributed by atoms with Crippen molar-refractivity contribution < 1.29 is 13.6 Å². The van der Waals surface area contributed by atoms with E-state index in [4.69, 9.17) is 4.42 Å². The molecule has 1 aliphatic heterocycles. The molecule has 0 aliphatic carbocycles. The largest absolute Gasteiger partial charge is 0.463 e. The SMILES string of the molecule is CC(C)(C(=O)N1CCN(c2ccc(F)cc2)CC1)n1nc(-c2ccco2)ccc1=O. The van der Waals surface area contributed by atoms with Crippen LogP contribution in [0.5, 0.6) is 0 Å². The number of nitrogens with zero attached hydrogens (tertiary/aromatic N) is 4. The Morgan fingerprint density at radius 2 is 1.73 bits per heavy atom. The van der Waals surface area contributed by atoms with Crippen LogP contribution < -0.4 is 10.5 Å². The van der Waals surface area contributed by atoms with E-state index < -0.39 is 5.54 Å². The molecule has 0 spiro atoms. The molecule has 1 amide bonds. The van der Waals surface area contributed by atoms with E-state index in [-0.39, 0.29) is 17.3 Å². The lowest BCUT2D eigenvalue weighted by atomic mass is 10.0. The van der Waals surface area contributed by atoms with Crippen LogP contribution in [-0.2, 0) is 10.3 Å². The minimum Gasteiger partial charge on any atom is -0.463 e. The fourth-order valence-corrected chi connectivity index (χ4v) is 3.66. The monoisotopic (exact) mass is 410 g/mol. The van der Waals surface area contributed by atoms with E-state index in [1.807, 2.05) is 0 Å². The average Bonchev–Trinajstić information content (AvgIpc) is 3.29. The van der Waals surface area contributed by atoms with E-state index in [0.29, 0.717) is 37.6 Å². The number of anilines is 1. The van der Waals surface area contributed by atoms with Crippen molar-refractivity contribution in [2.45, 2.75) is 19.4 Å². The molecule has 3 heterocycles. The maximum Gasteiger partial charge on any atom is 0.267 e. The summed E-state index contributed by atoms with van der Waals surface area (Å²) in [6, 6.07) is 12.8. The zero-order valence-corrected chi connectivity index (χ0v) is 16.9. The second-order valence-electron chi connectivity index (χ2n) is 7.76. The number of halogens is 1. The highest BCUT2D eigenvalue weighted by Gasteiger charge is 2.37. The second kappa shape index (κ2) is 7.78. The van der Waals surface area contributed by atoms with E-state index >= 15 is 0 Å². The van der Waals surface area contributed by atoms with Crippen LogP contribution in [0.2, 0.25) is 0 Å². The van der Waals surface area contributed by atoms with Gasteiger partial charge in [-0.1, -0.05) is 0 Å². The zero-order valence-electron chi connectivity index (χ0n) is 16.9. The normalized spacial score (nSPS) is 14.8. The number of benzene rings is 1. The van der Waals surface area contributed by atoms with Crippen molar-refractivity contribution in [3.63, 3.8) is 0 Å². The van der Waals surface area contributed by atoms with E-state index in [9.17, 15) is 14.0 Å². The van der Waals surface area contributed by atoms with Gasteiger partial charge in [-0.2, -0.15) is 5.10 Å². The van der Waals surface area contributed by atoms with Crippen molar-refractivity contribution in [3.8, 4) is 11.5 Å². The molecule has 0 atom stereocenters. The van der Waals surface area contributed by atoms with Crippen molar-refractivity contribution in [2.24, 2.45) is 0 Å². The van der Waals surface area contributed by atoms with Crippen molar-refractivity contribution >= 4 is 11.6 Å². The van der Waals surface area contributed by atoms with Gasteiger partial charge in [0.15, 0.2) is 5.76 Å². The van der Waals surface area contributed by atoms with E-state index in [1.54, 1.807) is 49.1 Å². The topological polar surface area (TPSA) is 71.6 Å². The molecule has 0 saturated carbocycles. The van der Waals surface area contributed by atoms with Gasteiger partial charge in [-0.25, -0.2) is 9.07 Å². The lowest BCUT2D eigenvalue weighted by Crippen LogP contribution is -2.56. The number of amides is 1. The van der Waals surface area contributed by atoms with Gasteiger partial charge < -0.3 is 14.2 Å². The smallest absolute Gasteiger partial charge is 0.267 e. The third kappa shape index (κ3) is 3.72. The first-order valence-electron chi connectivity index (χ1n) is 9.81. The third-order valence-electron chi connectivity index (χ3n) is 5.39. The number of hydrogen-bond acceptors (Lipinski definition) is 5. The molecule has 0 bridgehead atoms. The Morgan fingerprint density at radius 3 is 2.37 bits per heavy atom. The fourth-order valence-electron chi connectivity index (χ4n) is 3.66. The Balaban J connectivity index is 1.51. The number of carbonyl (C=O) groups is 1. The van der Waals surface area contributed by atoms with Gasteiger partial charge in [0.05, 0.1) is 6.26 Å². The van der Waals surface area contributed by atoms with E-state index in [0.717, 1.165) is 5.69 Å². The summed E-state index contributed by atoms with van der Waals surface area (Å²) >= 11 is 0. The number of rotatable bonds is 4. The van der Waals surface area contributed by atoms with Gasteiger partial charge in [0.2, 0.25) is 5.91 Å². The molecule has 7 nitrogen and oxygen atoms in total. The van der Waals surface area contributed by atoms with Crippen LogP contribution in [0.4, 0.5) is 10.1 Å². The highest BCUT2D eigenvalue weighted by atomic mass is 19.1. The summed E-state index contributed by atoms with van der Waals surface area (Å²) < 4.78 is 19.7. The van der Waals surface area contributed by atoms with Crippen LogP contribution in [0, 0.1) is 5.82 Å². The molecule has 30 heavy (non-hydrogen) atoms. The second-order valence-corrected chi connectivity index (χ2v) is 7.76. The van der Waals surface area contributed by atoms with Crippen LogP contribution in [0.15, 0.2) is 64.0 Å². The highest BCUT2D eigenvalue weighted by Crippen LogP contribution is 2.22. The van der Waals surface area contributed by atoms with Gasteiger partial charge in [-0.3, -0.25) is 9.59 Å². The predicted octanol–water partition coefficient (Wildman–Crippen LogP) is 2.73. The minimum atomic E-state index is -1.16. The number of carbonyl (C=O) groups excluding carboxylic acids is 1. The number of piperazine rings is 1. The molecule has 4 rings (SSSR count). The van der Waals surface area contributed by atoms with Gasteiger partial charge in [-0.15, -0.1) is 0 Å². The lowest BCUT2D eigenvalue weighted by molar-refractivity contribution is -0.140. The molecule has 8 heteroatoms. The fraction of sp³-hybridized carbons (Fsp3) is 0.318. The van der Waals surface area contributed by atoms with Gasteiger partial charge in [-0.05, 0) is 56.3 Å². The molecule has 2 aromatic heterocycles. The Morgan fingerprint density at radius 1 is 1.03 bits per heavy atom. The molecule has 0 radical (unpaired) electrons. The summed E-state index contributed by atoms with van der Waals surface area (Å²) in [4.78, 5) is 29.6. The van der Waals surface area contributed by atoms with E-state index in [2.05, 4.69) is 10.00 Å². The van der Waals surface area contributed by atoms with Crippen LogP contribution >= 0.6 is 0 Å². The first-order valence-corrected chi connectivity index (χ1v) is 9.81. The van der Waals surface area contributed by atoms with Gasteiger partial charge in [0.25, 0.3) is 5.56 Å². The molecular formula is C22H23FN4O3. The summed E-state index contributed by atoms with van der Waals surface area (Å²) in [6.07, 6.45) is 1.53. The summed E-state index contributed by atoms with van der Waals surface area (Å²) in [6.45, 7) is 5.66. The van der Waals surface area contributed by atoms with Crippen LogP contribution in [0.1, 0.15) is 13.8 Å². The first kappa shape index (κ1) is 19.9. The Labute approximate surface area is 173 Å². The van der Waals surface area contributed by atoms with Crippen molar-refractivity contribution in [1.82, 2.24) is 14.7 Å². The Kier molecular flexibility index (Phi) is 5.15. The molecule has 3 aromatic rings. The van der Waals surface area contributed by atoms with Crippen LogP contribution in [-0.4, -0.2) is 46.8 Å². The maximum absolute atomic E-state index is 13.3.